The monoisotopic (exact) mass is 193 g/mol. The van der Waals surface area contributed by atoms with Crippen LogP contribution >= 0.6 is 0 Å². The molecule has 1 saturated carbocycles. The van der Waals surface area contributed by atoms with E-state index in [4.69, 9.17) is 10.2 Å². The fraction of sp³-hybridized carbons (Fsp3) is 0.667. The van der Waals surface area contributed by atoms with Gasteiger partial charge in [-0.1, -0.05) is 25.7 Å². The molecule has 1 aromatic rings. The van der Waals surface area contributed by atoms with Crippen molar-refractivity contribution < 1.29 is 4.42 Å². The third kappa shape index (κ3) is 2.38. The maximum absolute atomic E-state index is 6.39. The lowest BCUT2D eigenvalue weighted by molar-refractivity contribution is 0.338. The Bertz CT molecular complexity index is 258. The topological polar surface area (TPSA) is 39.2 Å². The zero-order valence-corrected chi connectivity index (χ0v) is 8.67. The standard InChI is InChI=1S/C12H19NO/c13-12(7-3-1-2-4-8-12)10-11-6-5-9-14-11/h5-6,9H,1-4,7-8,10,13H2. The van der Waals surface area contributed by atoms with Crippen LogP contribution in [-0.4, -0.2) is 5.54 Å². The van der Waals surface area contributed by atoms with E-state index in [1.54, 1.807) is 6.26 Å². The van der Waals surface area contributed by atoms with Gasteiger partial charge in [0.05, 0.1) is 6.26 Å². The van der Waals surface area contributed by atoms with Crippen LogP contribution in [0, 0.1) is 0 Å². The van der Waals surface area contributed by atoms with Gasteiger partial charge in [-0.25, -0.2) is 0 Å². The third-order valence-electron chi connectivity index (χ3n) is 3.21. The highest BCUT2D eigenvalue weighted by atomic mass is 16.3. The molecule has 1 aliphatic rings. The Kier molecular flexibility index (Phi) is 2.92. The van der Waals surface area contributed by atoms with E-state index in [0.717, 1.165) is 25.0 Å². The molecule has 78 valence electrons. The van der Waals surface area contributed by atoms with Gasteiger partial charge >= 0.3 is 0 Å². The van der Waals surface area contributed by atoms with Crippen LogP contribution in [-0.2, 0) is 6.42 Å². The Labute approximate surface area is 85.5 Å². The average Bonchev–Trinajstić information content (AvgIpc) is 2.55. The van der Waals surface area contributed by atoms with Gasteiger partial charge in [0.1, 0.15) is 5.76 Å². The van der Waals surface area contributed by atoms with Gasteiger partial charge in [-0.15, -0.1) is 0 Å². The number of furan rings is 1. The maximum Gasteiger partial charge on any atom is 0.105 e. The molecule has 1 aliphatic carbocycles. The van der Waals surface area contributed by atoms with Gasteiger partial charge in [-0.05, 0) is 25.0 Å². The van der Waals surface area contributed by atoms with Crippen LogP contribution in [0.15, 0.2) is 22.8 Å². The number of rotatable bonds is 2. The van der Waals surface area contributed by atoms with Crippen LogP contribution in [0.2, 0.25) is 0 Å². The fourth-order valence-electron chi connectivity index (χ4n) is 2.37. The molecule has 14 heavy (non-hydrogen) atoms. The summed E-state index contributed by atoms with van der Waals surface area (Å²) in [5, 5.41) is 0. The Morgan fingerprint density at radius 3 is 2.50 bits per heavy atom. The second-order valence-corrected chi connectivity index (χ2v) is 4.53. The van der Waals surface area contributed by atoms with Crippen molar-refractivity contribution in [3.63, 3.8) is 0 Å². The van der Waals surface area contributed by atoms with Crippen molar-refractivity contribution in [2.75, 3.05) is 0 Å². The summed E-state index contributed by atoms with van der Waals surface area (Å²) in [6.45, 7) is 0. The second kappa shape index (κ2) is 4.18. The Morgan fingerprint density at radius 1 is 1.21 bits per heavy atom. The van der Waals surface area contributed by atoms with Gasteiger partial charge in [0, 0.05) is 12.0 Å². The van der Waals surface area contributed by atoms with E-state index in [1.165, 1.54) is 25.7 Å². The average molecular weight is 193 g/mol. The third-order valence-corrected chi connectivity index (χ3v) is 3.21. The molecule has 0 saturated heterocycles. The summed E-state index contributed by atoms with van der Waals surface area (Å²) in [6, 6.07) is 3.97. The molecule has 2 rings (SSSR count). The molecule has 0 radical (unpaired) electrons. The predicted octanol–water partition coefficient (Wildman–Crippen LogP) is 2.87. The molecule has 2 N–H and O–H groups in total. The van der Waals surface area contributed by atoms with Gasteiger partial charge in [0.15, 0.2) is 0 Å². The van der Waals surface area contributed by atoms with E-state index in [2.05, 4.69) is 0 Å². The Hall–Kier alpha value is -0.760. The Balaban J connectivity index is 1.99. The van der Waals surface area contributed by atoms with Crippen molar-refractivity contribution in [1.82, 2.24) is 0 Å². The van der Waals surface area contributed by atoms with Crippen LogP contribution in [0.4, 0.5) is 0 Å². The van der Waals surface area contributed by atoms with Gasteiger partial charge in [0.25, 0.3) is 0 Å². The first-order valence-electron chi connectivity index (χ1n) is 5.60. The van der Waals surface area contributed by atoms with Crippen molar-refractivity contribution >= 4 is 0 Å². The van der Waals surface area contributed by atoms with E-state index in [9.17, 15) is 0 Å². The molecule has 2 heteroatoms. The summed E-state index contributed by atoms with van der Waals surface area (Å²) in [5.41, 5.74) is 6.38. The maximum atomic E-state index is 6.39. The minimum Gasteiger partial charge on any atom is -0.469 e. The first-order valence-corrected chi connectivity index (χ1v) is 5.60. The fourth-order valence-corrected chi connectivity index (χ4v) is 2.37. The minimum atomic E-state index is -0.00560. The van der Waals surface area contributed by atoms with Gasteiger partial charge in [0.2, 0.25) is 0 Å². The van der Waals surface area contributed by atoms with E-state index >= 15 is 0 Å². The van der Waals surface area contributed by atoms with Crippen molar-refractivity contribution in [3.05, 3.63) is 24.2 Å². The van der Waals surface area contributed by atoms with Crippen LogP contribution in [0.25, 0.3) is 0 Å². The minimum absolute atomic E-state index is 0.00560. The number of hydrogen-bond donors (Lipinski definition) is 1. The molecule has 0 amide bonds. The number of hydrogen-bond acceptors (Lipinski definition) is 2. The van der Waals surface area contributed by atoms with E-state index in [1.807, 2.05) is 12.1 Å². The summed E-state index contributed by atoms with van der Waals surface area (Å²) in [5.74, 6) is 1.04. The molecule has 1 heterocycles. The van der Waals surface area contributed by atoms with Gasteiger partial charge in [-0.2, -0.15) is 0 Å². The summed E-state index contributed by atoms with van der Waals surface area (Å²) < 4.78 is 5.36. The van der Waals surface area contributed by atoms with Crippen LogP contribution < -0.4 is 5.73 Å². The Morgan fingerprint density at radius 2 is 1.93 bits per heavy atom. The smallest absolute Gasteiger partial charge is 0.105 e. The van der Waals surface area contributed by atoms with E-state index in [-0.39, 0.29) is 5.54 Å². The van der Waals surface area contributed by atoms with Crippen molar-refractivity contribution in [2.24, 2.45) is 5.73 Å². The van der Waals surface area contributed by atoms with Crippen LogP contribution in [0.3, 0.4) is 0 Å². The quantitative estimate of drug-likeness (QED) is 0.733. The highest BCUT2D eigenvalue weighted by molar-refractivity contribution is 5.04. The lowest BCUT2D eigenvalue weighted by Gasteiger charge is -2.26. The first-order chi connectivity index (χ1) is 6.79. The zero-order chi connectivity index (χ0) is 9.86. The van der Waals surface area contributed by atoms with Gasteiger partial charge in [-0.3, -0.25) is 0 Å². The molecule has 0 aliphatic heterocycles. The first kappa shape index (κ1) is 9.78. The molecule has 1 aromatic heterocycles. The normalized spacial score (nSPS) is 21.8. The molecule has 0 aromatic carbocycles. The van der Waals surface area contributed by atoms with Crippen molar-refractivity contribution in [1.29, 1.82) is 0 Å². The molecular formula is C12H19NO. The van der Waals surface area contributed by atoms with Crippen molar-refractivity contribution in [2.45, 2.75) is 50.5 Å². The van der Waals surface area contributed by atoms with Crippen LogP contribution in [0.5, 0.6) is 0 Å². The number of nitrogens with two attached hydrogens (primary N) is 1. The lowest BCUT2D eigenvalue weighted by atomic mass is 9.87. The highest BCUT2D eigenvalue weighted by Gasteiger charge is 2.27. The molecule has 1 fully saturated rings. The summed E-state index contributed by atoms with van der Waals surface area (Å²) in [6.07, 6.45) is 10.2. The van der Waals surface area contributed by atoms with Gasteiger partial charge < -0.3 is 10.2 Å². The summed E-state index contributed by atoms with van der Waals surface area (Å²) >= 11 is 0. The zero-order valence-electron chi connectivity index (χ0n) is 8.67. The molecular weight excluding hydrogens is 174 g/mol. The van der Waals surface area contributed by atoms with E-state index < -0.39 is 0 Å². The largest absolute Gasteiger partial charge is 0.469 e. The van der Waals surface area contributed by atoms with Crippen LogP contribution in [0.1, 0.15) is 44.3 Å². The SMILES string of the molecule is NC1(Cc2ccco2)CCCCCC1. The van der Waals surface area contributed by atoms with E-state index in [0.29, 0.717) is 0 Å². The summed E-state index contributed by atoms with van der Waals surface area (Å²) in [4.78, 5) is 0. The summed E-state index contributed by atoms with van der Waals surface area (Å²) in [7, 11) is 0. The second-order valence-electron chi connectivity index (χ2n) is 4.53. The molecule has 0 unspecified atom stereocenters. The lowest BCUT2D eigenvalue weighted by Crippen LogP contribution is -2.41. The molecule has 0 bridgehead atoms. The van der Waals surface area contributed by atoms with Crippen molar-refractivity contribution in [3.8, 4) is 0 Å². The molecule has 2 nitrogen and oxygen atoms in total. The molecule has 0 atom stereocenters. The predicted molar refractivity (Wildman–Crippen MR) is 57.0 cm³/mol. The molecule has 0 spiro atoms. The highest BCUT2D eigenvalue weighted by Crippen LogP contribution is 2.28.